The summed E-state index contributed by atoms with van der Waals surface area (Å²) >= 11 is 0. The van der Waals surface area contributed by atoms with E-state index in [2.05, 4.69) is 30.5 Å². The number of hydrogen-bond acceptors (Lipinski definition) is 6. The molecular formula is C30H25FN8O. The number of rotatable bonds is 5. The number of H-pyrrole nitrogens is 2. The number of carbonyl (C=O) groups excluding carboxylic acids is 1. The number of carbonyl (C=O) groups is 1. The van der Waals surface area contributed by atoms with Gasteiger partial charge in [0.1, 0.15) is 16.9 Å². The van der Waals surface area contributed by atoms with Gasteiger partial charge in [-0.25, -0.2) is 19.3 Å². The van der Waals surface area contributed by atoms with Crippen molar-refractivity contribution in [2.75, 3.05) is 5.32 Å². The fraction of sp³-hybridized carbons (Fsp3) is 0.200. The highest BCUT2D eigenvalue weighted by Crippen LogP contribution is 2.32. The molecule has 0 unspecified atom stereocenters. The Kier molecular flexibility index (Phi) is 5.99. The second-order valence-corrected chi connectivity index (χ2v) is 10.1. The number of aromatic nitrogens is 7. The summed E-state index contributed by atoms with van der Waals surface area (Å²) in [4.78, 5) is 34.4. The van der Waals surface area contributed by atoms with Crippen molar-refractivity contribution in [3.05, 3.63) is 72.9 Å². The van der Waals surface area contributed by atoms with Gasteiger partial charge in [-0.3, -0.25) is 14.9 Å². The SMILES string of the molecule is O=C(Nc1cncc(-c2ccc3[nH]nc(-c4nc5c(-c6cccc(F)c6)ccnc5[nH]4)c3n2)c1)C1CCCCC1. The van der Waals surface area contributed by atoms with Crippen LogP contribution < -0.4 is 5.32 Å². The first-order valence-corrected chi connectivity index (χ1v) is 13.3. The van der Waals surface area contributed by atoms with Crippen molar-refractivity contribution in [3.63, 3.8) is 0 Å². The quantitative estimate of drug-likeness (QED) is 0.240. The van der Waals surface area contributed by atoms with E-state index in [1.54, 1.807) is 24.7 Å². The van der Waals surface area contributed by atoms with E-state index in [-0.39, 0.29) is 17.6 Å². The van der Waals surface area contributed by atoms with Gasteiger partial charge in [-0.1, -0.05) is 31.4 Å². The van der Waals surface area contributed by atoms with Gasteiger partial charge in [0.2, 0.25) is 5.91 Å². The van der Waals surface area contributed by atoms with Gasteiger partial charge in [-0.2, -0.15) is 5.10 Å². The molecule has 10 heteroatoms. The molecule has 0 saturated heterocycles. The summed E-state index contributed by atoms with van der Waals surface area (Å²) in [6.07, 6.45) is 10.3. The Hall–Kier alpha value is -4.99. The lowest BCUT2D eigenvalue weighted by atomic mass is 9.88. The Bertz CT molecular complexity index is 1870. The molecular weight excluding hydrogens is 507 g/mol. The summed E-state index contributed by atoms with van der Waals surface area (Å²) in [5.74, 6) is 0.282. The van der Waals surface area contributed by atoms with E-state index in [9.17, 15) is 9.18 Å². The van der Waals surface area contributed by atoms with Crippen molar-refractivity contribution in [3.8, 4) is 33.9 Å². The molecule has 1 saturated carbocycles. The molecule has 40 heavy (non-hydrogen) atoms. The zero-order chi connectivity index (χ0) is 27.1. The van der Waals surface area contributed by atoms with Gasteiger partial charge in [0.25, 0.3) is 0 Å². The molecule has 5 aromatic heterocycles. The van der Waals surface area contributed by atoms with Crippen LogP contribution in [0.15, 0.2) is 67.1 Å². The van der Waals surface area contributed by atoms with Gasteiger partial charge >= 0.3 is 0 Å². The molecule has 1 aliphatic carbocycles. The molecule has 0 radical (unpaired) electrons. The van der Waals surface area contributed by atoms with Gasteiger partial charge < -0.3 is 10.3 Å². The van der Waals surface area contributed by atoms with Crippen LogP contribution in [0.3, 0.4) is 0 Å². The number of benzene rings is 1. The standard InChI is InChI=1S/C30H25FN8O/c31-20-8-4-7-18(13-20)22-11-12-33-28-25(22)36-29(37-28)27-26-24(38-39-27)10-9-23(35-26)19-14-21(16-32-15-19)34-30(40)17-5-2-1-3-6-17/h4,7-17H,1-3,5-6H2,(H,34,40)(H,38,39)(H,33,36,37). The molecule has 1 amide bonds. The number of pyridine rings is 3. The smallest absolute Gasteiger partial charge is 0.227 e. The summed E-state index contributed by atoms with van der Waals surface area (Å²) in [6.45, 7) is 0. The Labute approximate surface area is 228 Å². The number of halogens is 1. The van der Waals surface area contributed by atoms with Crippen molar-refractivity contribution in [1.29, 1.82) is 0 Å². The van der Waals surface area contributed by atoms with Crippen LogP contribution in [0.25, 0.3) is 56.1 Å². The summed E-state index contributed by atoms with van der Waals surface area (Å²) < 4.78 is 13.9. The minimum Gasteiger partial charge on any atom is -0.324 e. The minimum absolute atomic E-state index is 0.0512. The fourth-order valence-corrected chi connectivity index (χ4v) is 5.39. The maximum atomic E-state index is 13.9. The summed E-state index contributed by atoms with van der Waals surface area (Å²) in [5, 5.41) is 10.5. The molecule has 6 aromatic rings. The van der Waals surface area contributed by atoms with Crippen LogP contribution in [0.2, 0.25) is 0 Å². The number of fused-ring (bicyclic) bond motifs is 2. The fourth-order valence-electron chi connectivity index (χ4n) is 5.39. The number of aromatic amines is 2. The second kappa shape index (κ2) is 9.96. The van der Waals surface area contributed by atoms with E-state index in [1.807, 2.05) is 30.3 Å². The van der Waals surface area contributed by atoms with Gasteiger partial charge in [0.15, 0.2) is 17.2 Å². The van der Waals surface area contributed by atoms with Gasteiger partial charge in [-0.05, 0) is 54.8 Å². The predicted molar refractivity (Wildman–Crippen MR) is 151 cm³/mol. The average molecular weight is 533 g/mol. The van der Waals surface area contributed by atoms with Crippen molar-refractivity contribution in [2.24, 2.45) is 5.92 Å². The normalized spacial score (nSPS) is 14.1. The van der Waals surface area contributed by atoms with Crippen LogP contribution >= 0.6 is 0 Å². The topological polar surface area (TPSA) is 125 Å². The van der Waals surface area contributed by atoms with Crippen molar-refractivity contribution in [2.45, 2.75) is 32.1 Å². The first kappa shape index (κ1) is 24.1. The molecule has 0 spiro atoms. The Balaban J connectivity index is 1.23. The predicted octanol–water partition coefficient (Wildman–Crippen LogP) is 6.28. The highest BCUT2D eigenvalue weighted by molar-refractivity contribution is 5.95. The lowest BCUT2D eigenvalue weighted by Gasteiger charge is -2.20. The molecule has 0 bridgehead atoms. The van der Waals surface area contributed by atoms with Crippen LogP contribution in [-0.2, 0) is 4.79 Å². The first-order valence-electron chi connectivity index (χ1n) is 13.3. The summed E-state index contributed by atoms with van der Waals surface area (Å²) in [5.41, 5.74) is 6.66. The third-order valence-electron chi connectivity index (χ3n) is 7.43. The summed E-state index contributed by atoms with van der Waals surface area (Å²) in [7, 11) is 0. The lowest BCUT2D eigenvalue weighted by Crippen LogP contribution is -2.24. The molecule has 9 nitrogen and oxygen atoms in total. The number of nitrogens with one attached hydrogen (secondary N) is 3. The van der Waals surface area contributed by atoms with E-state index in [1.165, 1.54) is 18.6 Å². The number of nitrogens with zero attached hydrogens (tertiary/aromatic N) is 5. The molecule has 198 valence electrons. The second-order valence-electron chi connectivity index (χ2n) is 10.1. The van der Waals surface area contributed by atoms with E-state index in [0.29, 0.717) is 45.1 Å². The van der Waals surface area contributed by atoms with E-state index in [0.717, 1.165) is 42.3 Å². The number of anilines is 1. The molecule has 1 fully saturated rings. The lowest BCUT2D eigenvalue weighted by molar-refractivity contribution is -0.120. The Morgan fingerprint density at radius 3 is 2.73 bits per heavy atom. The highest BCUT2D eigenvalue weighted by Gasteiger charge is 2.22. The number of hydrogen-bond donors (Lipinski definition) is 3. The van der Waals surface area contributed by atoms with Crippen LogP contribution in [0.1, 0.15) is 32.1 Å². The van der Waals surface area contributed by atoms with E-state index in [4.69, 9.17) is 9.97 Å². The Morgan fingerprint density at radius 2 is 1.85 bits per heavy atom. The molecule has 3 N–H and O–H groups in total. The molecule has 1 aliphatic rings. The van der Waals surface area contributed by atoms with Gasteiger partial charge in [0, 0.05) is 29.4 Å². The van der Waals surface area contributed by atoms with E-state index >= 15 is 0 Å². The van der Waals surface area contributed by atoms with Crippen molar-refractivity contribution in [1.82, 2.24) is 35.1 Å². The summed E-state index contributed by atoms with van der Waals surface area (Å²) in [6, 6.07) is 13.9. The zero-order valence-electron chi connectivity index (χ0n) is 21.5. The van der Waals surface area contributed by atoms with Crippen LogP contribution in [0.4, 0.5) is 10.1 Å². The van der Waals surface area contributed by atoms with Crippen LogP contribution in [0, 0.1) is 11.7 Å². The maximum Gasteiger partial charge on any atom is 0.227 e. The highest BCUT2D eigenvalue weighted by atomic mass is 19.1. The molecule has 0 aliphatic heterocycles. The van der Waals surface area contributed by atoms with Crippen molar-refractivity contribution >= 4 is 33.8 Å². The van der Waals surface area contributed by atoms with Crippen LogP contribution in [-0.4, -0.2) is 41.0 Å². The van der Waals surface area contributed by atoms with E-state index < -0.39 is 0 Å². The molecule has 7 rings (SSSR count). The number of imidazole rings is 1. The third-order valence-corrected chi connectivity index (χ3v) is 7.43. The van der Waals surface area contributed by atoms with Crippen LogP contribution in [0.5, 0.6) is 0 Å². The molecule has 1 aromatic carbocycles. The minimum atomic E-state index is -0.319. The third kappa shape index (κ3) is 4.47. The molecule has 0 atom stereocenters. The molecule has 5 heterocycles. The average Bonchev–Trinajstić information content (AvgIpc) is 3.61. The largest absolute Gasteiger partial charge is 0.324 e. The van der Waals surface area contributed by atoms with Gasteiger partial charge in [0.05, 0.1) is 23.1 Å². The monoisotopic (exact) mass is 532 g/mol. The van der Waals surface area contributed by atoms with Crippen molar-refractivity contribution < 1.29 is 9.18 Å². The first-order chi connectivity index (χ1) is 19.6. The Morgan fingerprint density at radius 1 is 0.950 bits per heavy atom. The number of amides is 1. The zero-order valence-corrected chi connectivity index (χ0v) is 21.5. The maximum absolute atomic E-state index is 13.9. The van der Waals surface area contributed by atoms with Gasteiger partial charge in [-0.15, -0.1) is 0 Å².